The number of morpholine rings is 1. The van der Waals surface area contributed by atoms with Gasteiger partial charge in [-0.3, -0.25) is 19.9 Å². The summed E-state index contributed by atoms with van der Waals surface area (Å²) >= 11 is 0. The van der Waals surface area contributed by atoms with Gasteiger partial charge in [-0.15, -0.1) is 0 Å². The van der Waals surface area contributed by atoms with Crippen LogP contribution in [0.15, 0.2) is 28.8 Å². The Morgan fingerprint density at radius 3 is 2.77 bits per heavy atom. The summed E-state index contributed by atoms with van der Waals surface area (Å²) in [4.78, 5) is 19.4. The van der Waals surface area contributed by atoms with Crippen molar-refractivity contribution in [1.82, 2.24) is 19.9 Å². The average molecular weight is 434 g/mol. The summed E-state index contributed by atoms with van der Waals surface area (Å²) < 4.78 is 10.7. The number of nitro benzene ring substituents is 1. The number of aliphatic hydroxyl groups excluding tert-OH is 1. The standard InChI is InChI=1S/C21H31N5O5/c1-16(2)13-25(15-19(27)14-24-8-10-30-11-9-24)7-6-20-22-21(23-31-20)17-4-3-5-18(12-17)26(28)29/h3-5,12,16,19,27H,6-11,13-15H2,1-2H3/t19-/m0/s1. The van der Waals surface area contributed by atoms with E-state index in [0.29, 0.717) is 62.5 Å². The van der Waals surface area contributed by atoms with Crippen molar-refractivity contribution < 1.29 is 19.3 Å². The molecule has 1 aromatic heterocycles. The first-order valence-electron chi connectivity index (χ1n) is 10.7. The van der Waals surface area contributed by atoms with Crippen LogP contribution in [-0.2, 0) is 11.2 Å². The van der Waals surface area contributed by atoms with Gasteiger partial charge in [0.25, 0.3) is 5.69 Å². The number of nitrogens with zero attached hydrogens (tertiary/aromatic N) is 5. The maximum atomic E-state index is 11.0. The van der Waals surface area contributed by atoms with Crippen molar-refractivity contribution in [2.45, 2.75) is 26.4 Å². The Morgan fingerprint density at radius 1 is 1.29 bits per heavy atom. The van der Waals surface area contributed by atoms with Crippen molar-refractivity contribution in [3.8, 4) is 11.4 Å². The first-order valence-corrected chi connectivity index (χ1v) is 10.7. The van der Waals surface area contributed by atoms with E-state index in [1.807, 2.05) is 0 Å². The van der Waals surface area contributed by atoms with Crippen LogP contribution in [0.5, 0.6) is 0 Å². The molecule has 1 atom stereocenters. The Balaban J connectivity index is 1.56. The fraction of sp³-hybridized carbons (Fsp3) is 0.619. The zero-order chi connectivity index (χ0) is 22.2. The summed E-state index contributed by atoms with van der Waals surface area (Å²) in [6.45, 7) is 10.2. The van der Waals surface area contributed by atoms with Gasteiger partial charge in [-0.25, -0.2) is 0 Å². The molecule has 1 N–H and O–H groups in total. The van der Waals surface area contributed by atoms with Gasteiger partial charge >= 0.3 is 0 Å². The number of hydrogen-bond donors (Lipinski definition) is 1. The number of aliphatic hydroxyl groups is 1. The van der Waals surface area contributed by atoms with Gasteiger partial charge in [0.15, 0.2) is 0 Å². The van der Waals surface area contributed by atoms with Crippen LogP contribution < -0.4 is 0 Å². The molecule has 1 aromatic carbocycles. The van der Waals surface area contributed by atoms with Crippen LogP contribution >= 0.6 is 0 Å². The molecule has 1 aliphatic rings. The third-order valence-electron chi connectivity index (χ3n) is 5.09. The summed E-state index contributed by atoms with van der Waals surface area (Å²) in [6.07, 6.45) is 0.0961. The van der Waals surface area contributed by atoms with Gasteiger partial charge in [0.1, 0.15) is 0 Å². The number of nitro groups is 1. The van der Waals surface area contributed by atoms with E-state index in [-0.39, 0.29) is 5.69 Å². The Bertz CT molecular complexity index is 837. The zero-order valence-corrected chi connectivity index (χ0v) is 18.1. The molecule has 10 nitrogen and oxygen atoms in total. The van der Waals surface area contributed by atoms with Crippen LogP contribution in [0.4, 0.5) is 5.69 Å². The molecule has 0 spiro atoms. The van der Waals surface area contributed by atoms with E-state index in [1.165, 1.54) is 12.1 Å². The van der Waals surface area contributed by atoms with E-state index in [2.05, 4.69) is 33.8 Å². The van der Waals surface area contributed by atoms with Crippen molar-refractivity contribution in [1.29, 1.82) is 0 Å². The van der Waals surface area contributed by atoms with Crippen LogP contribution in [0.1, 0.15) is 19.7 Å². The van der Waals surface area contributed by atoms with Gasteiger partial charge in [-0.1, -0.05) is 31.1 Å². The fourth-order valence-corrected chi connectivity index (χ4v) is 3.70. The van der Waals surface area contributed by atoms with Gasteiger partial charge in [0.05, 0.1) is 24.2 Å². The number of ether oxygens (including phenoxy) is 1. The Kier molecular flexibility index (Phi) is 8.47. The summed E-state index contributed by atoms with van der Waals surface area (Å²) in [5.41, 5.74) is 0.533. The number of non-ortho nitro benzene ring substituents is 1. The van der Waals surface area contributed by atoms with Crippen LogP contribution in [-0.4, -0.2) is 88.6 Å². The highest BCUT2D eigenvalue weighted by atomic mass is 16.6. The molecule has 3 rings (SSSR count). The summed E-state index contributed by atoms with van der Waals surface area (Å²) in [6, 6.07) is 6.18. The second-order valence-corrected chi connectivity index (χ2v) is 8.29. The predicted octanol–water partition coefficient (Wildman–Crippen LogP) is 1.84. The zero-order valence-electron chi connectivity index (χ0n) is 18.1. The van der Waals surface area contributed by atoms with Gasteiger partial charge < -0.3 is 14.4 Å². The quantitative estimate of drug-likeness (QED) is 0.418. The minimum Gasteiger partial charge on any atom is -0.390 e. The second-order valence-electron chi connectivity index (χ2n) is 8.29. The monoisotopic (exact) mass is 433 g/mol. The molecule has 170 valence electrons. The van der Waals surface area contributed by atoms with Gasteiger partial charge in [0, 0.05) is 63.4 Å². The molecule has 0 aliphatic carbocycles. The molecule has 10 heteroatoms. The lowest BCUT2D eigenvalue weighted by Crippen LogP contribution is -2.45. The highest BCUT2D eigenvalue weighted by Gasteiger charge is 2.19. The van der Waals surface area contributed by atoms with Crippen molar-refractivity contribution in [3.05, 3.63) is 40.3 Å². The highest BCUT2D eigenvalue weighted by Crippen LogP contribution is 2.21. The topological polar surface area (TPSA) is 118 Å². The number of benzene rings is 1. The molecular weight excluding hydrogens is 402 g/mol. The molecule has 1 fully saturated rings. The van der Waals surface area contributed by atoms with E-state index in [1.54, 1.807) is 12.1 Å². The maximum absolute atomic E-state index is 11.0. The molecule has 0 unspecified atom stereocenters. The lowest BCUT2D eigenvalue weighted by molar-refractivity contribution is -0.384. The minimum absolute atomic E-state index is 0.0128. The normalized spacial score (nSPS) is 16.2. The van der Waals surface area contributed by atoms with Crippen molar-refractivity contribution in [3.63, 3.8) is 0 Å². The summed E-state index contributed by atoms with van der Waals surface area (Å²) in [5.74, 6) is 1.26. The van der Waals surface area contributed by atoms with E-state index < -0.39 is 11.0 Å². The maximum Gasteiger partial charge on any atom is 0.270 e. The second kappa shape index (κ2) is 11.3. The first kappa shape index (κ1) is 23.3. The van der Waals surface area contributed by atoms with Crippen molar-refractivity contribution >= 4 is 5.69 Å². The molecule has 0 saturated carbocycles. The smallest absolute Gasteiger partial charge is 0.270 e. The third kappa shape index (κ3) is 7.35. The highest BCUT2D eigenvalue weighted by molar-refractivity contribution is 5.58. The Morgan fingerprint density at radius 2 is 2.06 bits per heavy atom. The van der Waals surface area contributed by atoms with Crippen LogP contribution in [0.25, 0.3) is 11.4 Å². The number of rotatable bonds is 11. The lowest BCUT2D eigenvalue weighted by Gasteiger charge is -2.31. The van der Waals surface area contributed by atoms with E-state index in [4.69, 9.17) is 9.26 Å². The number of β-amino-alcohol motifs (C(OH)–C–C–N with tert-alkyl or cyclic N) is 1. The van der Waals surface area contributed by atoms with Crippen LogP contribution in [0.3, 0.4) is 0 Å². The summed E-state index contributed by atoms with van der Waals surface area (Å²) in [7, 11) is 0. The van der Waals surface area contributed by atoms with Crippen LogP contribution in [0, 0.1) is 16.0 Å². The van der Waals surface area contributed by atoms with Crippen LogP contribution in [0.2, 0.25) is 0 Å². The molecular formula is C21H31N5O5. The third-order valence-corrected chi connectivity index (χ3v) is 5.09. The summed E-state index contributed by atoms with van der Waals surface area (Å²) in [5, 5.41) is 25.5. The largest absolute Gasteiger partial charge is 0.390 e. The molecule has 31 heavy (non-hydrogen) atoms. The molecule has 0 radical (unpaired) electrons. The van der Waals surface area contributed by atoms with E-state index in [0.717, 1.165) is 19.6 Å². The Labute approximate surface area is 181 Å². The molecule has 2 heterocycles. The lowest BCUT2D eigenvalue weighted by atomic mass is 10.1. The molecule has 0 amide bonds. The van der Waals surface area contributed by atoms with Crippen molar-refractivity contribution in [2.75, 3.05) is 52.5 Å². The number of hydrogen-bond acceptors (Lipinski definition) is 9. The predicted molar refractivity (Wildman–Crippen MR) is 115 cm³/mol. The SMILES string of the molecule is CC(C)CN(CCc1nc(-c2cccc([N+](=O)[O-])c2)no1)C[C@@H](O)CN1CCOCC1. The van der Waals surface area contributed by atoms with Gasteiger partial charge in [0.2, 0.25) is 11.7 Å². The van der Waals surface area contributed by atoms with E-state index in [9.17, 15) is 15.2 Å². The molecule has 1 saturated heterocycles. The Hall–Kier alpha value is -2.40. The minimum atomic E-state index is -0.448. The van der Waals surface area contributed by atoms with Gasteiger partial charge in [-0.05, 0) is 5.92 Å². The average Bonchev–Trinajstić information content (AvgIpc) is 3.21. The molecule has 2 aromatic rings. The van der Waals surface area contributed by atoms with E-state index >= 15 is 0 Å². The molecule has 0 bridgehead atoms. The molecule has 1 aliphatic heterocycles. The van der Waals surface area contributed by atoms with Gasteiger partial charge in [-0.2, -0.15) is 4.98 Å². The first-order chi connectivity index (χ1) is 14.9. The van der Waals surface area contributed by atoms with Crippen molar-refractivity contribution in [2.24, 2.45) is 5.92 Å². The fourth-order valence-electron chi connectivity index (χ4n) is 3.70. The number of aromatic nitrogens is 2.